The van der Waals surface area contributed by atoms with Gasteiger partial charge in [-0.1, -0.05) is 29.6 Å². The van der Waals surface area contributed by atoms with E-state index in [0.717, 1.165) is 24.8 Å². The number of nitrogens with zero attached hydrogens (tertiary/aromatic N) is 1. The van der Waals surface area contributed by atoms with Crippen molar-refractivity contribution in [2.75, 3.05) is 18.4 Å². The lowest BCUT2D eigenvalue weighted by Gasteiger charge is -2.26. The van der Waals surface area contributed by atoms with E-state index in [2.05, 4.69) is 5.32 Å². The zero-order chi connectivity index (χ0) is 19.6. The lowest BCUT2D eigenvalue weighted by molar-refractivity contribution is 0.102. The Labute approximate surface area is 169 Å². The minimum absolute atomic E-state index is 0.0356. The minimum Gasteiger partial charge on any atom is -0.322 e. The SMILES string of the molecule is Cc1cc(Cl)ccc1NC(=O)c1ccc(Cl)c(S(=O)(=O)N2CCCCC2)c1. The minimum atomic E-state index is -3.73. The van der Waals surface area contributed by atoms with Gasteiger partial charge in [0.1, 0.15) is 4.90 Å². The molecule has 0 saturated carbocycles. The zero-order valence-electron chi connectivity index (χ0n) is 14.8. The summed E-state index contributed by atoms with van der Waals surface area (Å²) >= 11 is 12.1. The molecule has 1 aliphatic heterocycles. The molecule has 3 rings (SSSR count). The maximum Gasteiger partial charge on any atom is 0.255 e. The fourth-order valence-corrected chi connectivity index (χ4v) is 5.29. The van der Waals surface area contributed by atoms with E-state index in [0.29, 0.717) is 23.8 Å². The van der Waals surface area contributed by atoms with Crippen molar-refractivity contribution in [1.29, 1.82) is 0 Å². The van der Waals surface area contributed by atoms with Gasteiger partial charge in [0.15, 0.2) is 0 Å². The first-order valence-electron chi connectivity index (χ1n) is 8.66. The third-order valence-electron chi connectivity index (χ3n) is 4.56. The number of hydrogen-bond donors (Lipinski definition) is 1. The zero-order valence-corrected chi connectivity index (χ0v) is 17.2. The van der Waals surface area contributed by atoms with Crippen molar-refractivity contribution in [3.8, 4) is 0 Å². The first-order chi connectivity index (χ1) is 12.8. The van der Waals surface area contributed by atoms with Crippen molar-refractivity contribution in [3.05, 3.63) is 57.6 Å². The van der Waals surface area contributed by atoms with Crippen LogP contribution in [0.4, 0.5) is 5.69 Å². The quantitative estimate of drug-likeness (QED) is 0.767. The van der Waals surface area contributed by atoms with Crippen molar-refractivity contribution in [2.45, 2.75) is 31.1 Å². The average Bonchev–Trinajstić information content (AvgIpc) is 2.65. The molecule has 5 nitrogen and oxygen atoms in total. The third-order valence-corrected chi connectivity index (χ3v) is 7.18. The molecule has 0 unspecified atom stereocenters. The lowest BCUT2D eigenvalue weighted by atomic mass is 10.1. The fourth-order valence-electron chi connectivity index (χ4n) is 3.05. The normalized spacial score (nSPS) is 15.5. The van der Waals surface area contributed by atoms with E-state index >= 15 is 0 Å². The highest BCUT2D eigenvalue weighted by atomic mass is 35.5. The number of hydrogen-bond acceptors (Lipinski definition) is 3. The van der Waals surface area contributed by atoms with Gasteiger partial charge in [0.2, 0.25) is 10.0 Å². The van der Waals surface area contributed by atoms with Gasteiger partial charge in [0.05, 0.1) is 5.02 Å². The van der Waals surface area contributed by atoms with Crippen molar-refractivity contribution < 1.29 is 13.2 Å². The number of sulfonamides is 1. The number of aryl methyl sites for hydroxylation is 1. The molecular formula is C19H20Cl2N2O3S. The van der Waals surface area contributed by atoms with Gasteiger partial charge < -0.3 is 5.32 Å². The molecule has 1 amide bonds. The Kier molecular flexibility index (Phi) is 6.11. The summed E-state index contributed by atoms with van der Waals surface area (Å²) in [6.07, 6.45) is 2.67. The predicted octanol–water partition coefficient (Wildman–Crippen LogP) is 4.73. The summed E-state index contributed by atoms with van der Waals surface area (Å²) in [6, 6.07) is 9.42. The Bertz CT molecular complexity index is 971. The van der Waals surface area contributed by atoms with Crippen LogP contribution in [0.2, 0.25) is 10.0 Å². The van der Waals surface area contributed by atoms with E-state index in [1.807, 2.05) is 6.92 Å². The van der Waals surface area contributed by atoms with Gasteiger partial charge in [-0.25, -0.2) is 8.42 Å². The molecule has 0 aliphatic carbocycles. The second kappa shape index (κ2) is 8.19. The lowest BCUT2D eigenvalue weighted by Crippen LogP contribution is -2.35. The summed E-state index contributed by atoms with van der Waals surface area (Å²) in [7, 11) is -3.73. The molecule has 2 aromatic rings. The van der Waals surface area contributed by atoms with Gasteiger partial charge in [-0.2, -0.15) is 4.31 Å². The molecule has 144 valence electrons. The van der Waals surface area contributed by atoms with Gasteiger partial charge in [-0.3, -0.25) is 4.79 Å². The van der Waals surface area contributed by atoms with Crippen molar-refractivity contribution >= 4 is 44.8 Å². The molecule has 1 saturated heterocycles. The van der Waals surface area contributed by atoms with E-state index in [1.54, 1.807) is 18.2 Å². The summed E-state index contributed by atoms with van der Waals surface area (Å²) in [5.41, 5.74) is 1.65. The number of anilines is 1. The number of carbonyl (C=O) groups is 1. The first kappa shape index (κ1) is 20.1. The van der Waals surface area contributed by atoms with Crippen LogP contribution in [0, 0.1) is 6.92 Å². The number of benzene rings is 2. The highest BCUT2D eigenvalue weighted by Crippen LogP contribution is 2.28. The summed E-state index contributed by atoms with van der Waals surface area (Å²) in [5.74, 6) is -0.410. The molecule has 1 fully saturated rings. The van der Waals surface area contributed by atoms with Gasteiger partial charge in [-0.05, 0) is 61.7 Å². The van der Waals surface area contributed by atoms with Crippen LogP contribution in [0.25, 0.3) is 0 Å². The van der Waals surface area contributed by atoms with Crippen molar-refractivity contribution in [1.82, 2.24) is 4.31 Å². The average molecular weight is 427 g/mol. The van der Waals surface area contributed by atoms with Crippen LogP contribution < -0.4 is 5.32 Å². The Balaban J connectivity index is 1.89. The molecule has 0 bridgehead atoms. The van der Waals surface area contributed by atoms with Gasteiger partial charge in [-0.15, -0.1) is 0 Å². The standard InChI is InChI=1S/C19H20Cl2N2O3S/c1-13-11-15(20)6-8-17(13)22-19(24)14-5-7-16(21)18(12-14)27(25,26)23-9-3-2-4-10-23/h5-8,11-12H,2-4,9-10H2,1H3,(H,22,24). The van der Waals surface area contributed by atoms with Crippen LogP contribution in [-0.2, 0) is 10.0 Å². The molecule has 27 heavy (non-hydrogen) atoms. The number of amides is 1. The fraction of sp³-hybridized carbons (Fsp3) is 0.316. The second-order valence-corrected chi connectivity index (χ2v) is 9.27. The molecule has 1 aliphatic rings. The van der Waals surface area contributed by atoms with E-state index in [4.69, 9.17) is 23.2 Å². The van der Waals surface area contributed by atoms with Gasteiger partial charge in [0.25, 0.3) is 5.91 Å². The molecule has 2 aromatic carbocycles. The Morgan fingerprint density at radius 1 is 1.04 bits per heavy atom. The smallest absolute Gasteiger partial charge is 0.255 e. The maximum absolute atomic E-state index is 12.9. The van der Waals surface area contributed by atoms with Gasteiger partial charge >= 0.3 is 0 Å². The second-order valence-electron chi connectivity index (χ2n) is 6.52. The molecule has 1 heterocycles. The summed E-state index contributed by atoms with van der Waals surface area (Å²) < 4.78 is 27.3. The predicted molar refractivity (Wildman–Crippen MR) is 108 cm³/mol. The highest BCUT2D eigenvalue weighted by Gasteiger charge is 2.28. The van der Waals surface area contributed by atoms with Crippen LogP contribution in [0.15, 0.2) is 41.3 Å². The number of rotatable bonds is 4. The summed E-state index contributed by atoms with van der Waals surface area (Å²) in [6.45, 7) is 2.77. The molecule has 8 heteroatoms. The molecule has 0 radical (unpaired) electrons. The first-order valence-corrected chi connectivity index (χ1v) is 10.9. The van der Waals surface area contributed by atoms with Crippen LogP contribution >= 0.6 is 23.2 Å². The maximum atomic E-state index is 12.9. The summed E-state index contributed by atoms with van der Waals surface area (Å²) in [5, 5.41) is 3.47. The Morgan fingerprint density at radius 2 is 1.74 bits per heavy atom. The van der Waals surface area contributed by atoms with E-state index < -0.39 is 15.9 Å². The molecular weight excluding hydrogens is 407 g/mol. The van der Waals surface area contributed by atoms with Crippen LogP contribution in [0.5, 0.6) is 0 Å². The van der Waals surface area contributed by atoms with Crippen molar-refractivity contribution in [2.24, 2.45) is 0 Å². The molecule has 1 N–H and O–H groups in total. The van der Waals surface area contributed by atoms with E-state index in [-0.39, 0.29) is 15.5 Å². The van der Waals surface area contributed by atoms with Crippen molar-refractivity contribution in [3.63, 3.8) is 0 Å². The topological polar surface area (TPSA) is 66.5 Å². The third kappa shape index (κ3) is 4.46. The Hall–Kier alpha value is -1.60. The molecule has 0 aromatic heterocycles. The Morgan fingerprint density at radius 3 is 2.41 bits per heavy atom. The van der Waals surface area contributed by atoms with E-state index in [9.17, 15) is 13.2 Å². The number of carbonyl (C=O) groups excluding carboxylic acids is 1. The van der Waals surface area contributed by atoms with Crippen LogP contribution in [-0.4, -0.2) is 31.7 Å². The number of halogens is 2. The largest absolute Gasteiger partial charge is 0.322 e. The van der Waals surface area contributed by atoms with Gasteiger partial charge in [0, 0.05) is 29.4 Å². The number of piperidine rings is 1. The van der Waals surface area contributed by atoms with Crippen LogP contribution in [0.1, 0.15) is 35.2 Å². The molecule has 0 atom stereocenters. The molecule has 0 spiro atoms. The monoisotopic (exact) mass is 426 g/mol. The van der Waals surface area contributed by atoms with Crippen LogP contribution in [0.3, 0.4) is 0 Å². The summed E-state index contributed by atoms with van der Waals surface area (Å²) in [4.78, 5) is 12.6. The van der Waals surface area contributed by atoms with E-state index in [1.165, 1.54) is 22.5 Å². The number of nitrogens with one attached hydrogen (secondary N) is 1. The highest BCUT2D eigenvalue weighted by molar-refractivity contribution is 7.89.